The van der Waals surface area contributed by atoms with Gasteiger partial charge in [-0.15, -0.1) is 0 Å². The zero-order valence-electron chi connectivity index (χ0n) is 12.1. The van der Waals surface area contributed by atoms with Gasteiger partial charge < -0.3 is 19.6 Å². The molecule has 2 N–H and O–H groups in total. The molecule has 0 fully saturated rings. The van der Waals surface area contributed by atoms with E-state index in [9.17, 15) is 9.90 Å². The van der Waals surface area contributed by atoms with E-state index in [1.165, 1.54) is 0 Å². The van der Waals surface area contributed by atoms with Crippen molar-refractivity contribution in [3.63, 3.8) is 0 Å². The van der Waals surface area contributed by atoms with Crippen molar-refractivity contribution in [2.75, 3.05) is 6.61 Å². The summed E-state index contributed by atoms with van der Waals surface area (Å²) in [6.45, 7) is 4.73. The fourth-order valence-electron chi connectivity index (χ4n) is 1.97. The van der Waals surface area contributed by atoms with E-state index in [1.54, 1.807) is 30.7 Å². The number of aromatic hydroxyl groups is 1. The first-order valence-electron chi connectivity index (χ1n) is 6.75. The van der Waals surface area contributed by atoms with Crippen LogP contribution < -0.4 is 14.6 Å². The molecule has 1 amide bonds. The summed E-state index contributed by atoms with van der Waals surface area (Å²) in [4.78, 5) is 11.7. The van der Waals surface area contributed by atoms with Crippen molar-refractivity contribution in [3.05, 3.63) is 42.1 Å². The molecule has 112 valence electrons. The molecule has 2 heterocycles. The van der Waals surface area contributed by atoms with Crippen molar-refractivity contribution in [1.82, 2.24) is 5.32 Å². The minimum Gasteiger partial charge on any atom is -0.504 e. The number of furan rings is 1. The smallest absolute Gasteiger partial charge is 0.258 e. The molecule has 0 unspecified atom stereocenters. The van der Waals surface area contributed by atoms with Crippen LogP contribution in [0.1, 0.15) is 18.4 Å². The van der Waals surface area contributed by atoms with Crippen LogP contribution >= 0.6 is 0 Å². The third kappa shape index (κ3) is 3.75. The fraction of sp³-hybridized carbons (Fsp3) is 0.333. The molecule has 21 heavy (non-hydrogen) atoms. The molecule has 0 radical (unpaired) electrons. The van der Waals surface area contributed by atoms with Crippen LogP contribution in [0.5, 0.6) is 11.5 Å². The summed E-state index contributed by atoms with van der Waals surface area (Å²) in [5.41, 5.74) is 0.774. The van der Waals surface area contributed by atoms with Gasteiger partial charge in [-0.05, 0) is 19.1 Å². The van der Waals surface area contributed by atoms with Gasteiger partial charge in [0.05, 0.1) is 12.8 Å². The number of nitrogens with zero attached hydrogens (tertiary/aromatic N) is 1. The minimum absolute atomic E-state index is 0.0241. The van der Waals surface area contributed by atoms with Gasteiger partial charge in [-0.1, -0.05) is 0 Å². The Morgan fingerprint density at radius 3 is 2.95 bits per heavy atom. The molecule has 2 aromatic rings. The average Bonchev–Trinajstić information content (AvgIpc) is 2.98. The Morgan fingerprint density at radius 1 is 1.48 bits per heavy atom. The lowest BCUT2D eigenvalue weighted by Gasteiger charge is -2.09. The van der Waals surface area contributed by atoms with E-state index < -0.39 is 0 Å². The van der Waals surface area contributed by atoms with Crippen LogP contribution in [0.2, 0.25) is 0 Å². The van der Waals surface area contributed by atoms with Crippen molar-refractivity contribution >= 4 is 5.91 Å². The van der Waals surface area contributed by atoms with Crippen molar-refractivity contribution in [1.29, 1.82) is 0 Å². The highest BCUT2D eigenvalue weighted by atomic mass is 16.5. The molecule has 2 rings (SSSR count). The molecule has 0 aromatic carbocycles. The van der Waals surface area contributed by atoms with Crippen LogP contribution in [-0.4, -0.2) is 17.6 Å². The number of aromatic nitrogens is 1. The molecule has 0 aliphatic carbocycles. The monoisotopic (exact) mass is 291 g/mol. The first kappa shape index (κ1) is 14.9. The number of pyridine rings is 1. The maximum absolute atomic E-state index is 11.7. The molecule has 6 heteroatoms. The molecular formula is C15H19N2O4+. The number of carbonyl (C=O) groups is 1. The molecular weight excluding hydrogens is 272 g/mol. The number of hydrogen-bond donors (Lipinski definition) is 2. The standard InChI is InChI=1S/C15H18N2O4/c1-3-17-7-6-13(18)15(11(17)2)21-10-14(19)16-9-12-5-4-8-20-12/h4-8H,3,9-10H2,1-2H3,(H,16,19)/p+1. The van der Waals surface area contributed by atoms with Gasteiger partial charge in [0.25, 0.3) is 5.91 Å². The van der Waals surface area contributed by atoms with Gasteiger partial charge in [0.2, 0.25) is 11.4 Å². The molecule has 0 saturated carbocycles. The maximum atomic E-state index is 11.7. The number of amides is 1. The summed E-state index contributed by atoms with van der Waals surface area (Å²) in [6, 6.07) is 5.08. The van der Waals surface area contributed by atoms with Crippen molar-refractivity contribution < 1.29 is 23.6 Å². The lowest BCUT2D eigenvalue weighted by atomic mass is 10.3. The molecule has 0 aliphatic heterocycles. The number of ether oxygens (including phenoxy) is 1. The van der Waals surface area contributed by atoms with Gasteiger partial charge in [0.1, 0.15) is 12.3 Å². The Bertz CT molecular complexity index is 608. The Labute approximate surface area is 123 Å². The Balaban J connectivity index is 1.92. The van der Waals surface area contributed by atoms with Gasteiger partial charge >= 0.3 is 0 Å². The molecule has 0 saturated heterocycles. The first-order valence-corrected chi connectivity index (χ1v) is 6.75. The van der Waals surface area contributed by atoms with E-state index in [0.717, 1.165) is 12.2 Å². The summed E-state index contributed by atoms with van der Waals surface area (Å²) in [6.07, 6.45) is 3.32. The molecule has 6 nitrogen and oxygen atoms in total. The van der Waals surface area contributed by atoms with Crippen molar-refractivity contribution in [2.24, 2.45) is 0 Å². The summed E-state index contributed by atoms with van der Waals surface area (Å²) in [5.74, 6) is 0.742. The minimum atomic E-state index is -0.280. The van der Waals surface area contributed by atoms with E-state index >= 15 is 0 Å². The molecule has 0 bridgehead atoms. The van der Waals surface area contributed by atoms with Crippen LogP contribution in [0.15, 0.2) is 35.1 Å². The Morgan fingerprint density at radius 2 is 2.29 bits per heavy atom. The normalized spacial score (nSPS) is 10.4. The van der Waals surface area contributed by atoms with Crippen LogP contribution in [0.3, 0.4) is 0 Å². The number of aryl methyl sites for hydroxylation is 1. The number of carbonyl (C=O) groups excluding carboxylic acids is 1. The Kier molecular flexibility index (Phi) is 4.81. The zero-order chi connectivity index (χ0) is 15.2. The fourth-order valence-corrected chi connectivity index (χ4v) is 1.97. The predicted octanol–water partition coefficient (Wildman–Crippen LogP) is 1.30. The van der Waals surface area contributed by atoms with Gasteiger partial charge in [0, 0.05) is 13.0 Å². The molecule has 0 aliphatic rings. The summed E-state index contributed by atoms with van der Waals surface area (Å²) < 4.78 is 12.5. The van der Waals surface area contributed by atoms with Crippen molar-refractivity contribution in [2.45, 2.75) is 26.9 Å². The summed E-state index contributed by atoms with van der Waals surface area (Å²) >= 11 is 0. The topological polar surface area (TPSA) is 75.6 Å². The van der Waals surface area contributed by atoms with E-state index in [0.29, 0.717) is 18.1 Å². The van der Waals surface area contributed by atoms with Crippen LogP contribution in [-0.2, 0) is 17.9 Å². The second kappa shape index (κ2) is 6.78. The zero-order valence-corrected chi connectivity index (χ0v) is 12.1. The number of nitrogens with one attached hydrogen (secondary N) is 1. The third-order valence-corrected chi connectivity index (χ3v) is 3.13. The van der Waals surface area contributed by atoms with Gasteiger partial charge in [-0.25, -0.2) is 0 Å². The van der Waals surface area contributed by atoms with E-state index in [-0.39, 0.29) is 18.3 Å². The SMILES string of the molecule is CC[n+]1ccc(O)c(OCC(=O)NCc2ccco2)c1C. The molecule has 0 atom stereocenters. The molecule has 2 aromatic heterocycles. The lowest BCUT2D eigenvalue weighted by Crippen LogP contribution is -2.36. The van der Waals surface area contributed by atoms with Gasteiger partial charge in [-0.2, -0.15) is 4.57 Å². The van der Waals surface area contributed by atoms with Crippen LogP contribution in [0.4, 0.5) is 0 Å². The van der Waals surface area contributed by atoms with Crippen molar-refractivity contribution in [3.8, 4) is 11.5 Å². The first-order chi connectivity index (χ1) is 10.1. The highest BCUT2D eigenvalue weighted by Crippen LogP contribution is 2.26. The average molecular weight is 291 g/mol. The third-order valence-electron chi connectivity index (χ3n) is 3.13. The summed E-state index contributed by atoms with van der Waals surface area (Å²) in [7, 11) is 0. The highest BCUT2D eigenvalue weighted by molar-refractivity contribution is 5.77. The van der Waals surface area contributed by atoms with Crippen LogP contribution in [0, 0.1) is 6.92 Å². The van der Waals surface area contributed by atoms with E-state index in [1.807, 2.05) is 18.4 Å². The molecule has 0 spiro atoms. The second-order valence-electron chi connectivity index (χ2n) is 4.55. The summed E-state index contributed by atoms with van der Waals surface area (Å²) in [5, 5.41) is 12.5. The van der Waals surface area contributed by atoms with E-state index in [2.05, 4.69) is 5.32 Å². The predicted molar refractivity (Wildman–Crippen MR) is 74.8 cm³/mol. The maximum Gasteiger partial charge on any atom is 0.258 e. The lowest BCUT2D eigenvalue weighted by molar-refractivity contribution is -0.699. The largest absolute Gasteiger partial charge is 0.504 e. The van der Waals surface area contributed by atoms with Gasteiger partial charge in [-0.3, -0.25) is 4.79 Å². The van der Waals surface area contributed by atoms with E-state index in [4.69, 9.17) is 9.15 Å². The quantitative estimate of drug-likeness (QED) is 0.787. The van der Waals surface area contributed by atoms with Crippen LogP contribution in [0.25, 0.3) is 0 Å². The Hall–Kier alpha value is -2.50. The highest BCUT2D eigenvalue weighted by Gasteiger charge is 2.17. The second-order valence-corrected chi connectivity index (χ2v) is 4.55. The number of hydrogen-bond acceptors (Lipinski definition) is 4. The van der Waals surface area contributed by atoms with Gasteiger partial charge in [0.15, 0.2) is 18.6 Å². The number of rotatable bonds is 6.